The van der Waals surface area contributed by atoms with Gasteiger partial charge < -0.3 is 10.4 Å². The summed E-state index contributed by atoms with van der Waals surface area (Å²) < 4.78 is 1.90. The molecule has 0 atom stereocenters. The summed E-state index contributed by atoms with van der Waals surface area (Å²) in [6.07, 6.45) is 2.09. The number of rotatable bonds is 8. The molecule has 9 heteroatoms. The number of aromatic carboxylic acids is 1. The number of carboxylic acid groups (broad SMARTS) is 1. The Balaban J connectivity index is 1.70. The van der Waals surface area contributed by atoms with E-state index in [0.717, 1.165) is 47.5 Å². The number of para-hydroxylation sites is 1. The van der Waals surface area contributed by atoms with E-state index in [-0.39, 0.29) is 5.56 Å². The van der Waals surface area contributed by atoms with Gasteiger partial charge in [-0.2, -0.15) is 0 Å². The Labute approximate surface area is 201 Å². The van der Waals surface area contributed by atoms with Crippen molar-refractivity contribution in [1.29, 1.82) is 0 Å². The Bertz CT molecular complexity index is 1510. The molecule has 2 heterocycles. The zero-order valence-electron chi connectivity index (χ0n) is 19.5. The number of hydrogen-bond donors (Lipinski definition) is 3. The fourth-order valence-electron chi connectivity index (χ4n) is 4.38. The number of nitrogens with one attached hydrogen (secondary N) is 2. The lowest BCUT2D eigenvalue weighted by atomic mass is 9.97. The summed E-state index contributed by atoms with van der Waals surface area (Å²) in [5, 5.41) is 27.8. The Morgan fingerprint density at radius 1 is 1.06 bits per heavy atom. The summed E-state index contributed by atoms with van der Waals surface area (Å²) in [6.45, 7) is 4.85. The summed E-state index contributed by atoms with van der Waals surface area (Å²) in [5.41, 5.74) is 6.09. The highest BCUT2D eigenvalue weighted by molar-refractivity contribution is 6.02. The summed E-state index contributed by atoms with van der Waals surface area (Å²) >= 11 is 0. The molecule has 0 bridgehead atoms. The Hall–Kier alpha value is -4.53. The Morgan fingerprint density at radius 2 is 1.89 bits per heavy atom. The van der Waals surface area contributed by atoms with Gasteiger partial charge in [-0.25, -0.2) is 14.9 Å². The van der Waals surface area contributed by atoms with Crippen LogP contribution in [0.4, 0.5) is 5.69 Å². The van der Waals surface area contributed by atoms with E-state index in [9.17, 15) is 9.90 Å². The van der Waals surface area contributed by atoms with Gasteiger partial charge in [0.15, 0.2) is 5.82 Å². The molecular formula is C26H25N7O2. The summed E-state index contributed by atoms with van der Waals surface area (Å²) in [4.78, 5) is 16.6. The molecule has 176 valence electrons. The van der Waals surface area contributed by atoms with Crippen LogP contribution in [0.5, 0.6) is 0 Å². The van der Waals surface area contributed by atoms with Crippen LogP contribution in [0.1, 0.15) is 35.9 Å². The SMILES string of the molecule is CCCCNc1cc(-n2c(C)nc3cccc(C(=O)O)c32)ccc1-c1ccccc1-c1nnn[nH]1. The third-order valence-electron chi connectivity index (χ3n) is 6.00. The van der Waals surface area contributed by atoms with E-state index >= 15 is 0 Å². The third-order valence-corrected chi connectivity index (χ3v) is 6.00. The minimum Gasteiger partial charge on any atom is -0.478 e. The predicted molar refractivity (Wildman–Crippen MR) is 135 cm³/mol. The first-order valence-electron chi connectivity index (χ1n) is 11.5. The average Bonchev–Trinajstić information content (AvgIpc) is 3.51. The number of anilines is 1. The molecule has 3 N–H and O–H groups in total. The van der Waals surface area contributed by atoms with E-state index in [1.165, 1.54) is 0 Å². The van der Waals surface area contributed by atoms with E-state index in [0.29, 0.717) is 22.7 Å². The normalized spacial score (nSPS) is 11.1. The maximum Gasteiger partial charge on any atom is 0.337 e. The highest BCUT2D eigenvalue weighted by atomic mass is 16.4. The van der Waals surface area contributed by atoms with Crippen LogP contribution in [0.2, 0.25) is 0 Å². The second kappa shape index (κ2) is 9.38. The zero-order valence-corrected chi connectivity index (χ0v) is 19.5. The number of imidazole rings is 1. The molecule has 0 aliphatic rings. The molecule has 3 aromatic carbocycles. The highest BCUT2D eigenvalue weighted by Gasteiger charge is 2.19. The molecule has 5 aromatic rings. The number of unbranched alkanes of at least 4 members (excludes halogenated alkanes) is 1. The van der Waals surface area contributed by atoms with Crippen molar-refractivity contribution in [3.8, 4) is 28.2 Å². The van der Waals surface area contributed by atoms with Gasteiger partial charge in [0.25, 0.3) is 0 Å². The molecule has 9 nitrogen and oxygen atoms in total. The summed E-state index contributed by atoms with van der Waals surface area (Å²) in [7, 11) is 0. The van der Waals surface area contributed by atoms with Crippen molar-refractivity contribution in [1.82, 2.24) is 30.2 Å². The van der Waals surface area contributed by atoms with Crippen LogP contribution in [0.15, 0.2) is 60.7 Å². The highest BCUT2D eigenvalue weighted by Crippen LogP contribution is 2.37. The van der Waals surface area contributed by atoms with Gasteiger partial charge in [-0.15, -0.1) is 5.10 Å². The van der Waals surface area contributed by atoms with Gasteiger partial charge in [0.2, 0.25) is 0 Å². The lowest BCUT2D eigenvalue weighted by Gasteiger charge is -2.17. The van der Waals surface area contributed by atoms with Crippen LogP contribution in [0.3, 0.4) is 0 Å². The topological polar surface area (TPSA) is 122 Å². The first-order chi connectivity index (χ1) is 17.1. The van der Waals surface area contributed by atoms with Crippen molar-refractivity contribution < 1.29 is 9.90 Å². The van der Waals surface area contributed by atoms with E-state index in [2.05, 4.69) is 37.8 Å². The molecule has 0 amide bonds. The van der Waals surface area contributed by atoms with Crippen molar-refractivity contribution in [2.45, 2.75) is 26.7 Å². The van der Waals surface area contributed by atoms with Gasteiger partial charge in [-0.3, -0.25) is 4.57 Å². The Kier molecular flexibility index (Phi) is 5.97. The van der Waals surface area contributed by atoms with Gasteiger partial charge in [0, 0.05) is 29.0 Å². The molecule has 0 fully saturated rings. The van der Waals surface area contributed by atoms with Crippen LogP contribution in [0.25, 0.3) is 39.2 Å². The van der Waals surface area contributed by atoms with Gasteiger partial charge in [-0.1, -0.05) is 49.7 Å². The van der Waals surface area contributed by atoms with Crippen molar-refractivity contribution in [3.63, 3.8) is 0 Å². The van der Waals surface area contributed by atoms with Crippen LogP contribution >= 0.6 is 0 Å². The molecular weight excluding hydrogens is 442 g/mol. The average molecular weight is 468 g/mol. The van der Waals surface area contributed by atoms with E-state index in [4.69, 9.17) is 0 Å². The van der Waals surface area contributed by atoms with Gasteiger partial charge >= 0.3 is 5.97 Å². The quantitative estimate of drug-likeness (QED) is 0.272. The number of aromatic amines is 1. The lowest BCUT2D eigenvalue weighted by molar-refractivity contribution is 0.0698. The van der Waals surface area contributed by atoms with Crippen LogP contribution in [-0.4, -0.2) is 47.8 Å². The summed E-state index contributed by atoms with van der Waals surface area (Å²) in [6, 6.07) is 19.2. The lowest BCUT2D eigenvalue weighted by Crippen LogP contribution is -2.06. The first-order valence-corrected chi connectivity index (χ1v) is 11.5. The van der Waals surface area contributed by atoms with E-state index < -0.39 is 5.97 Å². The number of nitrogens with zero attached hydrogens (tertiary/aromatic N) is 5. The largest absolute Gasteiger partial charge is 0.478 e. The maximum atomic E-state index is 12.0. The number of carboxylic acids is 1. The molecule has 5 rings (SSSR count). The molecule has 0 saturated carbocycles. The van der Waals surface area contributed by atoms with Gasteiger partial charge in [0.05, 0.1) is 16.6 Å². The number of aromatic nitrogens is 6. The molecule has 0 unspecified atom stereocenters. The molecule has 35 heavy (non-hydrogen) atoms. The monoisotopic (exact) mass is 467 g/mol. The van der Waals surface area contributed by atoms with Gasteiger partial charge in [0.1, 0.15) is 5.82 Å². The second-order valence-corrected chi connectivity index (χ2v) is 8.28. The molecule has 0 radical (unpaired) electrons. The number of H-pyrrole nitrogens is 1. The number of fused-ring (bicyclic) bond motifs is 1. The first kappa shape index (κ1) is 22.3. The minimum absolute atomic E-state index is 0.218. The van der Waals surface area contributed by atoms with Crippen molar-refractivity contribution >= 4 is 22.7 Å². The summed E-state index contributed by atoms with van der Waals surface area (Å²) in [5.74, 6) is 0.324. The van der Waals surface area contributed by atoms with Crippen LogP contribution < -0.4 is 5.32 Å². The fourth-order valence-corrected chi connectivity index (χ4v) is 4.38. The van der Waals surface area contributed by atoms with Gasteiger partial charge in [-0.05, 0) is 53.6 Å². The zero-order chi connectivity index (χ0) is 24.4. The molecule has 0 spiro atoms. The number of carbonyl (C=O) groups is 1. The number of hydrogen-bond acceptors (Lipinski definition) is 6. The second-order valence-electron chi connectivity index (χ2n) is 8.28. The number of benzene rings is 3. The number of tetrazole rings is 1. The van der Waals surface area contributed by atoms with Crippen LogP contribution in [0, 0.1) is 6.92 Å². The van der Waals surface area contributed by atoms with Crippen molar-refractivity contribution in [2.24, 2.45) is 0 Å². The van der Waals surface area contributed by atoms with E-state index in [1.807, 2.05) is 60.0 Å². The minimum atomic E-state index is -0.982. The van der Waals surface area contributed by atoms with Crippen molar-refractivity contribution in [2.75, 3.05) is 11.9 Å². The molecule has 0 aliphatic heterocycles. The van der Waals surface area contributed by atoms with E-state index in [1.54, 1.807) is 12.1 Å². The third kappa shape index (κ3) is 4.12. The smallest absolute Gasteiger partial charge is 0.337 e. The van der Waals surface area contributed by atoms with Crippen molar-refractivity contribution in [3.05, 3.63) is 72.1 Å². The Morgan fingerprint density at radius 3 is 2.63 bits per heavy atom. The number of aryl methyl sites for hydroxylation is 1. The maximum absolute atomic E-state index is 12.0. The predicted octanol–water partition coefficient (Wildman–Crippen LogP) is 5.09. The van der Waals surface area contributed by atoms with Crippen LogP contribution in [-0.2, 0) is 0 Å². The molecule has 0 aliphatic carbocycles. The fraction of sp³-hybridized carbons (Fsp3) is 0.192. The molecule has 0 saturated heterocycles. The molecule has 2 aromatic heterocycles. The standard InChI is InChI=1S/C26H25N7O2/c1-3-4-14-27-23-15-17(33-16(2)28-22-11-7-10-21(24(22)33)26(34)35)12-13-19(23)18-8-5-6-9-20(18)25-29-31-32-30-25/h5-13,15,27H,3-4,14H2,1-2H3,(H,34,35)(H,29,30,31,32).